The number of nitrogens with zero attached hydrogens (tertiary/aromatic N) is 1. The van der Waals surface area contributed by atoms with Crippen molar-refractivity contribution in [1.82, 2.24) is 9.97 Å². The van der Waals surface area contributed by atoms with Crippen LogP contribution in [0.2, 0.25) is 0 Å². The lowest BCUT2D eigenvalue weighted by molar-refractivity contribution is 0.408. The average Bonchev–Trinajstić information content (AvgIpc) is 2.89. The van der Waals surface area contributed by atoms with Crippen LogP contribution < -0.4 is 15.6 Å². The van der Waals surface area contributed by atoms with Crippen LogP contribution in [0.3, 0.4) is 0 Å². The molecule has 0 saturated heterocycles. The maximum absolute atomic E-state index is 11.2. The molecule has 1 aromatic rings. The van der Waals surface area contributed by atoms with Crippen LogP contribution in [0.1, 0.15) is 12.8 Å². The normalized spacial score (nSPS) is 15.5. The molecule has 0 spiro atoms. The summed E-state index contributed by atoms with van der Waals surface area (Å²) in [6, 6.07) is 0.461. The van der Waals surface area contributed by atoms with Gasteiger partial charge in [-0.1, -0.05) is 0 Å². The van der Waals surface area contributed by atoms with E-state index in [0.717, 1.165) is 12.8 Å². The Bertz CT molecular complexity index is 357. The highest BCUT2D eigenvalue weighted by atomic mass is 16.5. The van der Waals surface area contributed by atoms with Gasteiger partial charge in [0.1, 0.15) is 0 Å². The fourth-order valence-corrected chi connectivity index (χ4v) is 1.10. The molecule has 1 fully saturated rings. The molecule has 1 aromatic heterocycles. The van der Waals surface area contributed by atoms with Crippen LogP contribution in [0, 0.1) is 0 Å². The Morgan fingerprint density at radius 2 is 2.46 bits per heavy atom. The molecule has 0 unspecified atom stereocenters. The van der Waals surface area contributed by atoms with E-state index in [4.69, 9.17) is 4.74 Å². The molecule has 0 radical (unpaired) electrons. The van der Waals surface area contributed by atoms with Crippen molar-refractivity contribution in [2.45, 2.75) is 18.9 Å². The Morgan fingerprint density at radius 1 is 1.69 bits per heavy atom. The number of aromatic nitrogens is 2. The van der Waals surface area contributed by atoms with Crippen LogP contribution >= 0.6 is 0 Å². The van der Waals surface area contributed by atoms with Crippen molar-refractivity contribution in [2.75, 3.05) is 12.4 Å². The maximum Gasteiger partial charge on any atom is 0.295 e. The summed E-state index contributed by atoms with van der Waals surface area (Å²) in [7, 11) is 1.46. The zero-order valence-electron chi connectivity index (χ0n) is 7.33. The fraction of sp³-hybridized carbons (Fsp3) is 0.500. The molecule has 0 aliphatic heterocycles. The first-order valence-corrected chi connectivity index (χ1v) is 4.19. The van der Waals surface area contributed by atoms with Gasteiger partial charge in [0.05, 0.1) is 13.4 Å². The van der Waals surface area contributed by atoms with Crippen molar-refractivity contribution < 1.29 is 4.74 Å². The van der Waals surface area contributed by atoms with E-state index in [9.17, 15) is 4.79 Å². The fourth-order valence-electron chi connectivity index (χ4n) is 1.10. The van der Waals surface area contributed by atoms with Crippen molar-refractivity contribution in [3.63, 3.8) is 0 Å². The first-order chi connectivity index (χ1) is 6.31. The summed E-state index contributed by atoms with van der Waals surface area (Å²) < 4.78 is 4.94. The smallest absolute Gasteiger partial charge is 0.295 e. The first-order valence-electron chi connectivity index (χ1n) is 4.19. The van der Waals surface area contributed by atoms with Crippen molar-refractivity contribution in [3.8, 4) is 5.75 Å². The van der Waals surface area contributed by atoms with Crippen LogP contribution in [0.5, 0.6) is 5.75 Å². The van der Waals surface area contributed by atoms with Gasteiger partial charge in [-0.05, 0) is 12.8 Å². The minimum atomic E-state index is -0.249. The molecule has 13 heavy (non-hydrogen) atoms. The third-order valence-electron chi connectivity index (χ3n) is 1.93. The Balaban J connectivity index is 2.30. The van der Waals surface area contributed by atoms with Gasteiger partial charge in [0, 0.05) is 6.04 Å². The average molecular weight is 181 g/mol. The Labute approximate surface area is 75.1 Å². The number of anilines is 1. The standard InChI is InChI=1S/C8H11N3O2/c1-13-6-7(11-5-2-3-5)9-4-10-8(6)12/h4-5H,2-3H2,1H3,(H2,9,10,11,12). The van der Waals surface area contributed by atoms with E-state index in [1.807, 2.05) is 0 Å². The van der Waals surface area contributed by atoms with Crippen molar-refractivity contribution >= 4 is 5.82 Å². The second-order valence-electron chi connectivity index (χ2n) is 3.03. The second-order valence-corrected chi connectivity index (χ2v) is 3.03. The number of hydrogen-bond acceptors (Lipinski definition) is 4. The van der Waals surface area contributed by atoms with Gasteiger partial charge in [-0.15, -0.1) is 0 Å². The SMILES string of the molecule is COc1c(NC2CC2)nc[nH]c1=O. The monoisotopic (exact) mass is 181 g/mol. The third kappa shape index (κ3) is 1.63. The van der Waals surface area contributed by atoms with Crippen molar-refractivity contribution in [3.05, 3.63) is 16.7 Å². The molecule has 0 aromatic carbocycles. The molecular formula is C8H11N3O2. The van der Waals surface area contributed by atoms with E-state index < -0.39 is 0 Å². The predicted molar refractivity (Wildman–Crippen MR) is 48.1 cm³/mol. The highest BCUT2D eigenvalue weighted by Crippen LogP contribution is 2.26. The summed E-state index contributed by atoms with van der Waals surface area (Å²) in [5.41, 5.74) is -0.249. The maximum atomic E-state index is 11.2. The van der Waals surface area contributed by atoms with Gasteiger partial charge < -0.3 is 15.0 Å². The Hall–Kier alpha value is -1.52. The van der Waals surface area contributed by atoms with Gasteiger partial charge in [0.15, 0.2) is 5.82 Å². The minimum Gasteiger partial charge on any atom is -0.489 e. The largest absolute Gasteiger partial charge is 0.489 e. The lowest BCUT2D eigenvalue weighted by Gasteiger charge is -2.06. The van der Waals surface area contributed by atoms with Gasteiger partial charge in [-0.2, -0.15) is 0 Å². The summed E-state index contributed by atoms with van der Waals surface area (Å²) in [5, 5.41) is 3.12. The first kappa shape index (κ1) is 8.10. The molecule has 0 bridgehead atoms. The molecule has 70 valence electrons. The molecular weight excluding hydrogens is 170 g/mol. The van der Waals surface area contributed by atoms with Gasteiger partial charge in [0.2, 0.25) is 5.75 Å². The summed E-state index contributed by atoms with van der Waals surface area (Å²) in [6.45, 7) is 0. The van der Waals surface area contributed by atoms with Crippen molar-refractivity contribution in [1.29, 1.82) is 0 Å². The van der Waals surface area contributed by atoms with Gasteiger partial charge in [-0.25, -0.2) is 4.98 Å². The second kappa shape index (κ2) is 3.08. The van der Waals surface area contributed by atoms with E-state index in [2.05, 4.69) is 15.3 Å². The lowest BCUT2D eigenvalue weighted by atomic mass is 10.5. The van der Waals surface area contributed by atoms with Crippen molar-refractivity contribution in [2.24, 2.45) is 0 Å². The zero-order valence-corrected chi connectivity index (χ0v) is 7.33. The summed E-state index contributed by atoms with van der Waals surface area (Å²) in [4.78, 5) is 17.7. The molecule has 5 heteroatoms. The topological polar surface area (TPSA) is 67.0 Å². The van der Waals surface area contributed by atoms with E-state index in [-0.39, 0.29) is 11.3 Å². The molecule has 2 rings (SSSR count). The van der Waals surface area contributed by atoms with Gasteiger partial charge in [0.25, 0.3) is 5.56 Å². The molecule has 1 heterocycles. The van der Waals surface area contributed by atoms with Crippen LogP contribution in [0.4, 0.5) is 5.82 Å². The van der Waals surface area contributed by atoms with E-state index in [1.165, 1.54) is 13.4 Å². The van der Waals surface area contributed by atoms with Crippen LogP contribution in [0.25, 0.3) is 0 Å². The number of ether oxygens (including phenoxy) is 1. The molecule has 1 saturated carbocycles. The van der Waals surface area contributed by atoms with Gasteiger partial charge >= 0.3 is 0 Å². The summed E-state index contributed by atoms with van der Waals surface area (Å²) in [5.74, 6) is 0.795. The Morgan fingerprint density at radius 3 is 3.08 bits per heavy atom. The van der Waals surface area contributed by atoms with Gasteiger partial charge in [-0.3, -0.25) is 4.79 Å². The minimum absolute atomic E-state index is 0.249. The number of aromatic amines is 1. The number of H-pyrrole nitrogens is 1. The molecule has 1 aliphatic rings. The number of rotatable bonds is 3. The predicted octanol–water partition coefficient (Wildman–Crippen LogP) is 0.353. The molecule has 0 amide bonds. The Kier molecular flexibility index (Phi) is 1.92. The number of hydrogen-bond donors (Lipinski definition) is 2. The highest BCUT2D eigenvalue weighted by molar-refractivity contribution is 5.49. The molecule has 5 nitrogen and oxygen atoms in total. The van der Waals surface area contributed by atoms with E-state index >= 15 is 0 Å². The quantitative estimate of drug-likeness (QED) is 0.706. The van der Waals surface area contributed by atoms with Crippen LogP contribution in [-0.4, -0.2) is 23.1 Å². The number of nitrogens with one attached hydrogen (secondary N) is 2. The highest BCUT2D eigenvalue weighted by Gasteiger charge is 2.23. The van der Waals surface area contributed by atoms with E-state index in [0.29, 0.717) is 11.9 Å². The van der Waals surface area contributed by atoms with E-state index in [1.54, 1.807) is 0 Å². The molecule has 1 aliphatic carbocycles. The lowest BCUT2D eigenvalue weighted by Crippen LogP contribution is -2.14. The number of methoxy groups -OCH3 is 1. The molecule has 2 N–H and O–H groups in total. The third-order valence-corrected chi connectivity index (χ3v) is 1.93. The van der Waals surface area contributed by atoms with Crippen LogP contribution in [0.15, 0.2) is 11.1 Å². The van der Waals surface area contributed by atoms with Crippen LogP contribution in [-0.2, 0) is 0 Å². The zero-order chi connectivity index (χ0) is 9.26. The molecule has 0 atom stereocenters. The summed E-state index contributed by atoms with van der Waals surface area (Å²) >= 11 is 0. The summed E-state index contributed by atoms with van der Waals surface area (Å²) in [6.07, 6.45) is 3.64.